The van der Waals surface area contributed by atoms with Gasteiger partial charge in [0.05, 0.1) is 13.1 Å². The molecule has 0 atom stereocenters. The largest absolute Gasteiger partial charge is 0.484 e. The Hall–Kier alpha value is -2.52. The zero-order chi connectivity index (χ0) is 18.1. The Morgan fingerprint density at radius 3 is 2.80 bits per heavy atom. The quantitative estimate of drug-likeness (QED) is 0.771. The number of nitrogens with one attached hydrogen (secondary N) is 1. The maximum absolute atomic E-state index is 12.4. The lowest BCUT2D eigenvalue weighted by Gasteiger charge is -2.22. The molecule has 0 spiro atoms. The molecule has 6 nitrogen and oxygen atoms in total. The van der Waals surface area contributed by atoms with Gasteiger partial charge in [0, 0.05) is 26.2 Å². The summed E-state index contributed by atoms with van der Waals surface area (Å²) in [6.07, 6.45) is 5.96. The molecule has 25 heavy (non-hydrogen) atoms. The van der Waals surface area contributed by atoms with E-state index in [1.807, 2.05) is 36.1 Å². The van der Waals surface area contributed by atoms with Crippen LogP contribution in [-0.2, 0) is 9.59 Å². The van der Waals surface area contributed by atoms with Gasteiger partial charge in [0.25, 0.3) is 5.91 Å². The molecule has 1 fully saturated rings. The lowest BCUT2D eigenvalue weighted by molar-refractivity contribution is -0.133. The van der Waals surface area contributed by atoms with E-state index < -0.39 is 0 Å². The monoisotopic (exact) mass is 343 g/mol. The Balaban J connectivity index is 1.78. The van der Waals surface area contributed by atoms with Crippen molar-refractivity contribution in [2.45, 2.75) is 13.3 Å². The molecule has 0 aliphatic carbocycles. The molecule has 6 heteroatoms. The summed E-state index contributed by atoms with van der Waals surface area (Å²) in [5, 5.41) is 2.66. The average Bonchev–Trinajstić information content (AvgIpc) is 2.84. The third kappa shape index (κ3) is 6.12. The normalized spacial score (nSPS) is 15.1. The number of benzene rings is 1. The number of amides is 2. The highest BCUT2D eigenvalue weighted by atomic mass is 16.5. The Morgan fingerprint density at radius 1 is 1.24 bits per heavy atom. The minimum atomic E-state index is -0.0828. The summed E-state index contributed by atoms with van der Waals surface area (Å²) in [5.41, 5.74) is 1.01. The fraction of sp³-hybridized carbons (Fsp3) is 0.474. The maximum atomic E-state index is 12.4. The first-order chi connectivity index (χ1) is 12.1. The van der Waals surface area contributed by atoms with Crippen LogP contribution < -0.4 is 10.1 Å². The number of ether oxygens (including phenoxy) is 1. The zero-order valence-corrected chi connectivity index (χ0v) is 14.7. The van der Waals surface area contributed by atoms with E-state index >= 15 is 0 Å². The molecule has 0 bridgehead atoms. The Kier molecular flexibility index (Phi) is 7.30. The first-order valence-electron chi connectivity index (χ1n) is 8.49. The number of para-hydroxylation sites is 1. The molecular weight excluding hydrogens is 318 g/mol. The number of carbonyl (C=O) groups is 2. The SMILES string of the molecule is C#CCNC(=O)CN1CCCN(C(=O)COc2ccccc2C)CC1. The summed E-state index contributed by atoms with van der Waals surface area (Å²) in [6.45, 7) is 5.27. The van der Waals surface area contributed by atoms with Crippen LogP contribution >= 0.6 is 0 Å². The predicted octanol–water partition coefficient (Wildman–Crippen LogP) is 0.658. The molecule has 1 aliphatic heterocycles. The van der Waals surface area contributed by atoms with Crippen molar-refractivity contribution in [2.75, 3.05) is 45.9 Å². The van der Waals surface area contributed by atoms with Crippen molar-refractivity contribution in [3.63, 3.8) is 0 Å². The minimum absolute atomic E-state index is 0.0260. The highest BCUT2D eigenvalue weighted by Gasteiger charge is 2.20. The second-order valence-electron chi connectivity index (χ2n) is 6.05. The van der Waals surface area contributed by atoms with Crippen LogP contribution in [0.25, 0.3) is 0 Å². The molecule has 0 saturated carbocycles. The van der Waals surface area contributed by atoms with Crippen molar-refractivity contribution >= 4 is 11.8 Å². The summed E-state index contributed by atoms with van der Waals surface area (Å²) in [4.78, 5) is 28.0. The Morgan fingerprint density at radius 2 is 2.04 bits per heavy atom. The lowest BCUT2D eigenvalue weighted by Crippen LogP contribution is -2.41. The van der Waals surface area contributed by atoms with Gasteiger partial charge in [-0.15, -0.1) is 6.42 Å². The van der Waals surface area contributed by atoms with Gasteiger partial charge < -0.3 is 15.0 Å². The summed E-state index contributed by atoms with van der Waals surface area (Å²) < 4.78 is 5.64. The number of terminal acetylenes is 1. The molecule has 2 amide bonds. The van der Waals surface area contributed by atoms with Gasteiger partial charge in [-0.05, 0) is 25.0 Å². The minimum Gasteiger partial charge on any atom is -0.484 e. The second-order valence-corrected chi connectivity index (χ2v) is 6.05. The number of carbonyl (C=O) groups excluding carboxylic acids is 2. The molecule has 0 radical (unpaired) electrons. The number of hydrogen-bond donors (Lipinski definition) is 1. The Labute approximate surface area is 149 Å². The lowest BCUT2D eigenvalue weighted by atomic mass is 10.2. The molecule has 0 aromatic heterocycles. The van der Waals surface area contributed by atoms with E-state index in [-0.39, 0.29) is 25.0 Å². The maximum Gasteiger partial charge on any atom is 0.260 e. The van der Waals surface area contributed by atoms with Crippen LogP contribution in [0, 0.1) is 19.3 Å². The van der Waals surface area contributed by atoms with E-state index in [2.05, 4.69) is 11.2 Å². The molecule has 1 N–H and O–H groups in total. The van der Waals surface area contributed by atoms with Crippen LogP contribution in [0.1, 0.15) is 12.0 Å². The van der Waals surface area contributed by atoms with Gasteiger partial charge in [0.15, 0.2) is 6.61 Å². The molecule has 134 valence electrons. The zero-order valence-electron chi connectivity index (χ0n) is 14.7. The first kappa shape index (κ1) is 18.8. The van der Waals surface area contributed by atoms with E-state index in [1.54, 1.807) is 4.90 Å². The van der Waals surface area contributed by atoms with E-state index in [9.17, 15) is 9.59 Å². The number of nitrogens with zero attached hydrogens (tertiary/aromatic N) is 2. The van der Waals surface area contributed by atoms with Crippen molar-refractivity contribution in [2.24, 2.45) is 0 Å². The van der Waals surface area contributed by atoms with E-state index in [0.29, 0.717) is 26.2 Å². The smallest absolute Gasteiger partial charge is 0.260 e. The van der Waals surface area contributed by atoms with E-state index in [4.69, 9.17) is 11.2 Å². The summed E-state index contributed by atoms with van der Waals surface area (Å²) in [7, 11) is 0. The molecule has 1 aliphatic rings. The highest BCUT2D eigenvalue weighted by molar-refractivity contribution is 5.78. The van der Waals surface area contributed by atoms with Crippen LogP contribution in [0.5, 0.6) is 5.75 Å². The summed E-state index contributed by atoms with van der Waals surface area (Å²) >= 11 is 0. The molecule has 1 heterocycles. The molecule has 2 rings (SSSR count). The summed E-state index contributed by atoms with van der Waals surface area (Å²) in [6, 6.07) is 7.64. The third-order valence-electron chi connectivity index (χ3n) is 4.14. The Bertz CT molecular complexity index is 639. The standard InChI is InChI=1S/C19H25N3O3/c1-3-9-20-18(23)14-21-10-6-11-22(13-12-21)19(24)15-25-17-8-5-4-7-16(17)2/h1,4-5,7-8H,6,9-15H2,2H3,(H,20,23). The second kappa shape index (κ2) is 9.70. The molecule has 1 aromatic carbocycles. The van der Waals surface area contributed by atoms with Crippen molar-refractivity contribution in [3.05, 3.63) is 29.8 Å². The van der Waals surface area contributed by atoms with Crippen LogP contribution in [-0.4, -0.2) is 67.5 Å². The number of hydrogen-bond acceptors (Lipinski definition) is 4. The van der Waals surface area contributed by atoms with Crippen LogP contribution in [0.2, 0.25) is 0 Å². The number of rotatable bonds is 6. The van der Waals surface area contributed by atoms with Gasteiger partial charge in [-0.3, -0.25) is 14.5 Å². The van der Waals surface area contributed by atoms with Gasteiger partial charge in [0.2, 0.25) is 5.91 Å². The van der Waals surface area contributed by atoms with Crippen LogP contribution in [0.4, 0.5) is 0 Å². The van der Waals surface area contributed by atoms with Gasteiger partial charge in [0.1, 0.15) is 5.75 Å². The highest BCUT2D eigenvalue weighted by Crippen LogP contribution is 2.16. The first-order valence-corrected chi connectivity index (χ1v) is 8.49. The van der Waals surface area contributed by atoms with Gasteiger partial charge in [-0.2, -0.15) is 0 Å². The van der Waals surface area contributed by atoms with Crippen molar-refractivity contribution in [1.82, 2.24) is 15.1 Å². The van der Waals surface area contributed by atoms with E-state index in [1.165, 1.54) is 0 Å². The van der Waals surface area contributed by atoms with Crippen molar-refractivity contribution < 1.29 is 14.3 Å². The van der Waals surface area contributed by atoms with Gasteiger partial charge >= 0.3 is 0 Å². The molecular formula is C19H25N3O3. The topological polar surface area (TPSA) is 61.9 Å². The van der Waals surface area contributed by atoms with Crippen molar-refractivity contribution in [1.29, 1.82) is 0 Å². The fourth-order valence-electron chi connectivity index (χ4n) is 2.74. The van der Waals surface area contributed by atoms with Crippen LogP contribution in [0.15, 0.2) is 24.3 Å². The number of aryl methyl sites for hydroxylation is 1. The molecule has 1 aromatic rings. The summed E-state index contributed by atoms with van der Waals surface area (Å²) in [5.74, 6) is 3.01. The fourth-order valence-corrected chi connectivity index (χ4v) is 2.74. The van der Waals surface area contributed by atoms with Gasteiger partial charge in [-0.25, -0.2) is 0 Å². The average molecular weight is 343 g/mol. The van der Waals surface area contributed by atoms with Gasteiger partial charge in [-0.1, -0.05) is 24.1 Å². The third-order valence-corrected chi connectivity index (χ3v) is 4.14. The molecule has 1 saturated heterocycles. The predicted molar refractivity (Wildman–Crippen MR) is 96.2 cm³/mol. The van der Waals surface area contributed by atoms with E-state index in [0.717, 1.165) is 24.3 Å². The molecule has 0 unspecified atom stereocenters. The van der Waals surface area contributed by atoms with Crippen LogP contribution in [0.3, 0.4) is 0 Å². The van der Waals surface area contributed by atoms with Crippen molar-refractivity contribution in [3.8, 4) is 18.1 Å².